The lowest BCUT2D eigenvalue weighted by Crippen LogP contribution is -2.43. The van der Waals surface area contributed by atoms with Crippen molar-refractivity contribution in [2.24, 2.45) is 5.92 Å². The van der Waals surface area contributed by atoms with Gasteiger partial charge in [0.05, 0.1) is 11.4 Å². The predicted molar refractivity (Wildman–Crippen MR) is 121 cm³/mol. The summed E-state index contributed by atoms with van der Waals surface area (Å²) in [7, 11) is 0. The first-order valence-electron chi connectivity index (χ1n) is 10.9. The SMILES string of the molecule is Cc1ccc([C@H]2OCCC[C@@H]2NC(=O)c2nn(CC(C)C)c(=O)c3ccccc23)cc1. The highest BCUT2D eigenvalue weighted by atomic mass is 16.5. The molecule has 2 atom stereocenters. The van der Waals surface area contributed by atoms with E-state index >= 15 is 0 Å². The largest absolute Gasteiger partial charge is 0.371 e. The molecule has 1 aliphatic heterocycles. The first-order chi connectivity index (χ1) is 14.9. The molecule has 2 aromatic carbocycles. The minimum absolute atomic E-state index is 0.157. The van der Waals surface area contributed by atoms with Crippen LogP contribution in [0.1, 0.15) is 54.4 Å². The fourth-order valence-electron chi connectivity index (χ4n) is 4.12. The third-order valence-electron chi connectivity index (χ3n) is 5.67. The zero-order chi connectivity index (χ0) is 22.0. The molecular weight excluding hydrogens is 390 g/mol. The van der Waals surface area contributed by atoms with Crippen LogP contribution in [0.15, 0.2) is 53.3 Å². The number of nitrogens with one attached hydrogen (secondary N) is 1. The molecule has 0 radical (unpaired) electrons. The lowest BCUT2D eigenvalue weighted by atomic mass is 9.95. The van der Waals surface area contributed by atoms with E-state index in [0.29, 0.717) is 23.9 Å². The van der Waals surface area contributed by atoms with Crippen molar-refractivity contribution < 1.29 is 9.53 Å². The molecule has 1 aliphatic rings. The van der Waals surface area contributed by atoms with Crippen molar-refractivity contribution in [2.45, 2.75) is 52.3 Å². The summed E-state index contributed by atoms with van der Waals surface area (Å²) in [6.45, 7) is 7.23. The number of fused-ring (bicyclic) bond motifs is 1. The van der Waals surface area contributed by atoms with Crippen LogP contribution in [-0.4, -0.2) is 28.3 Å². The quantitative estimate of drug-likeness (QED) is 0.678. The van der Waals surface area contributed by atoms with E-state index in [1.165, 1.54) is 10.2 Å². The third kappa shape index (κ3) is 4.54. The number of hydrogen-bond donors (Lipinski definition) is 1. The van der Waals surface area contributed by atoms with Crippen LogP contribution >= 0.6 is 0 Å². The van der Waals surface area contributed by atoms with Crippen LogP contribution in [0.4, 0.5) is 0 Å². The highest BCUT2D eigenvalue weighted by Gasteiger charge is 2.30. The van der Waals surface area contributed by atoms with E-state index in [4.69, 9.17) is 4.74 Å². The van der Waals surface area contributed by atoms with E-state index in [9.17, 15) is 9.59 Å². The van der Waals surface area contributed by atoms with Crippen LogP contribution in [0.2, 0.25) is 0 Å². The molecule has 1 fully saturated rings. The molecule has 0 unspecified atom stereocenters. The molecule has 6 heteroatoms. The minimum atomic E-state index is -0.277. The van der Waals surface area contributed by atoms with E-state index in [1.807, 2.05) is 32.9 Å². The van der Waals surface area contributed by atoms with Crippen molar-refractivity contribution in [2.75, 3.05) is 6.61 Å². The van der Waals surface area contributed by atoms with Gasteiger partial charge in [-0.3, -0.25) is 9.59 Å². The van der Waals surface area contributed by atoms with Gasteiger partial charge in [0.25, 0.3) is 11.5 Å². The van der Waals surface area contributed by atoms with Gasteiger partial charge in [0.2, 0.25) is 0 Å². The van der Waals surface area contributed by atoms with Crippen molar-refractivity contribution in [3.8, 4) is 0 Å². The Morgan fingerprint density at radius 3 is 2.58 bits per heavy atom. The number of rotatable bonds is 5. The molecule has 4 rings (SSSR count). The van der Waals surface area contributed by atoms with Crippen LogP contribution in [0.25, 0.3) is 10.8 Å². The van der Waals surface area contributed by atoms with Gasteiger partial charge in [-0.05, 0) is 37.3 Å². The van der Waals surface area contributed by atoms with Gasteiger partial charge >= 0.3 is 0 Å². The van der Waals surface area contributed by atoms with Crippen molar-refractivity contribution in [1.29, 1.82) is 0 Å². The van der Waals surface area contributed by atoms with E-state index in [2.05, 4.69) is 34.7 Å². The summed E-state index contributed by atoms with van der Waals surface area (Å²) in [5.41, 5.74) is 2.35. The summed E-state index contributed by atoms with van der Waals surface area (Å²) in [6.07, 6.45) is 1.51. The normalized spacial score (nSPS) is 19.0. The van der Waals surface area contributed by atoms with E-state index in [1.54, 1.807) is 12.1 Å². The summed E-state index contributed by atoms with van der Waals surface area (Å²) in [6, 6.07) is 15.3. The number of amides is 1. The lowest BCUT2D eigenvalue weighted by Gasteiger charge is -2.32. The van der Waals surface area contributed by atoms with Gasteiger partial charge in [-0.15, -0.1) is 0 Å². The summed E-state index contributed by atoms with van der Waals surface area (Å²) in [5, 5.41) is 8.71. The van der Waals surface area contributed by atoms with Gasteiger partial charge < -0.3 is 10.1 Å². The molecule has 6 nitrogen and oxygen atoms in total. The number of carbonyl (C=O) groups is 1. The lowest BCUT2D eigenvalue weighted by molar-refractivity contribution is -0.00952. The number of carbonyl (C=O) groups excluding carboxylic acids is 1. The highest BCUT2D eigenvalue weighted by Crippen LogP contribution is 2.29. The van der Waals surface area contributed by atoms with E-state index in [-0.39, 0.29) is 35.2 Å². The average Bonchev–Trinajstić information content (AvgIpc) is 2.76. The number of aryl methyl sites for hydroxylation is 1. The Labute approximate surface area is 182 Å². The van der Waals surface area contributed by atoms with Crippen molar-refractivity contribution in [3.05, 3.63) is 75.7 Å². The zero-order valence-electron chi connectivity index (χ0n) is 18.3. The molecule has 31 heavy (non-hydrogen) atoms. The molecule has 1 aromatic heterocycles. The molecular formula is C25H29N3O3. The monoisotopic (exact) mass is 419 g/mol. The van der Waals surface area contributed by atoms with Crippen LogP contribution in [0.3, 0.4) is 0 Å². The van der Waals surface area contributed by atoms with Gasteiger partial charge in [0.1, 0.15) is 6.10 Å². The number of nitrogens with zero attached hydrogens (tertiary/aromatic N) is 2. The smallest absolute Gasteiger partial charge is 0.274 e. The molecule has 0 bridgehead atoms. The summed E-state index contributed by atoms with van der Waals surface area (Å²) in [5.74, 6) is -0.0405. The highest BCUT2D eigenvalue weighted by molar-refractivity contribution is 6.04. The topological polar surface area (TPSA) is 73.2 Å². The van der Waals surface area contributed by atoms with E-state index in [0.717, 1.165) is 18.4 Å². The van der Waals surface area contributed by atoms with Crippen LogP contribution < -0.4 is 10.9 Å². The molecule has 0 aliphatic carbocycles. The fraction of sp³-hybridized carbons (Fsp3) is 0.400. The fourth-order valence-corrected chi connectivity index (χ4v) is 4.12. The molecule has 1 N–H and O–H groups in total. The zero-order valence-corrected chi connectivity index (χ0v) is 18.3. The summed E-state index contributed by atoms with van der Waals surface area (Å²) >= 11 is 0. The Balaban J connectivity index is 1.68. The molecule has 162 valence electrons. The van der Waals surface area contributed by atoms with Crippen molar-refractivity contribution in [1.82, 2.24) is 15.1 Å². The van der Waals surface area contributed by atoms with Gasteiger partial charge in [-0.25, -0.2) is 4.68 Å². The number of benzene rings is 2. The maximum absolute atomic E-state index is 13.4. The van der Waals surface area contributed by atoms with Gasteiger partial charge in [0, 0.05) is 18.5 Å². The maximum Gasteiger partial charge on any atom is 0.274 e. The molecule has 2 heterocycles. The molecule has 0 saturated carbocycles. The molecule has 1 amide bonds. The number of hydrogen-bond acceptors (Lipinski definition) is 4. The van der Waals surface area contributed by atoms with Gasteiger partial charge in [-0.1, -0.05) is 61.9 Å². The standard InChI is InChI=1S/C25H29N3O3/c1-16(2)15-28-25(30)20-8-5-4-7-19(20)22(27-28)24(29)26-21-9-6-14-31-23(21)18-12-10-17(3)11-13-18/h4-5,7-8,10-13,16,21,23H,6,9,14-15H2,1-3H3,(H,26,29)/t21-,23+/m0/s1. The predicted octanol–water partition coefficient (Wildman–Crippen LogP) is 4.01. The third-order valence-corrected chi connectivity index (χ3v) is 5.67. The van der Waals surface area contributed by atoms with Crippen molar-refractivity contribution in [3.63, 3.8) is 0 Å². The maximum atomic E-state index is 13.4. The first-order valence-corrected chi connectivity index (χ1v) is 10.9. The first kappa shape index (κ1) is 21.2. The van der Waals surface area contributed by atoms with E-state index < -0.39 is 0 Å². The minimum Gasteiger partial charge on any atom is -0.371 e. The Hall–Kier alpha value is -2.99. The van der Waals surface area contributed by atoms with Crippen molar-refractivity contribution >= 4 is 16.7 Å². The van der Waals surface area contributed by atoms with Gasteiger partial charge in [0.15, 0.2) is 5.69 Å². The van der Waals surface area contributed by atoms with Crippen LogP contribution in [0, 0.1) is 12.8 Å². The average molecular weight is 420 g/mol. The van der Waals surface area contributed by atoms with Crippen LogP contribution in [-0.2, 0) is 11.3 Å². The second kappa shape index (κ2) is 9.02. The summed E-state index contributed by atoms with van der Waals surface area (Å²) < 4.78 is 7.46. The Morgan fingerprint density at radius 2 is 1.87 bits per heavy atom. The summed E-state index contributed by atoms with van der Waals surface area (Å²) in [4.78, 5) is 26.2. The molecule has 1 saturated heterocycles. The Bertz CT molecular complexity index is 1130. The number of aromatic nitrogens is 2. The second-order valence-electron chi connectivity index (χ2n) is 8.70. The van der Waals surface area contributed by atoms with Gasteiger partial charge in [-0.2, -0.15) is 5.10 Å². The molecule has 3 aromatic rings. The van der Waals surface area contributed by atoms with Crippen LogP contribution in [0.5, 0.6) is 0 Å². The molecule has 0 spiro atoms. The number of ether oxygens (including phenoxy) is 1. The Kier molecular flexibility index (Phi) is 6.18. The Morgan fingerprint density at radius 1 is 1.16 bits per heavy atom. The second-order valence-corrected chi connectivity index (χ2v) is 8.70.